The number of ether oxygens (including phenoxy) is 1. The summed E-state index contributed by atoms with van der Waals surface area (Å²) in [5.41, 5.74) is 0. The lowest BCUT2D eigenvalue weighted by Gasteiger charge is -2.29. The van der Waals surface area contributed by atoms with Crippen LogP contribution in [0.3, 0.4) is 0 Å². The molecule has 1 aliphatic carbocycles. The van der Waals surface area contributed by atoms with Crippen LogP contribution in [0.25, 0.3) is 0 Å². The van der Waals surface area contributed by atoms with Crippen molar-refractivity contribution in [1.82, 2.24) is 5.32 Å². The number of carbonyl (C=O) groups excluding carboxylic acids is 1. The molecule has 0 saturated heterocycles. The lowest BCUT2D eigenvalue weighted by Crippen LogP contribution is -2.42. The quantitative estimate of drug-likeness (QED) is 0.884. The van der Waals surface area contributed by atoms with E-state index in [1.807, 2.05) is 18.2 Å². The van der Waals surface area contributed by atoms with Gasteiger partial charge in [-0.15, -0.1) is 0 Å². The summed E-state index contributed by atoms with van der Waals surface area (Å²) in [5, 5.41) is 3.02. The summed E-state index contributed by atoms with van der Waals surface area (Å²) in [6.45, 7) is 2.13. The molecule has 1 fully saturated rings. The number of benzene rings is 1. The molecule has 1 amide bonds. The van der Waals surface area contributed by atoms with Gasteiger partial charge in [-0.1, -0.05) is 44.4 Å². The van der Waals surface area contributed by atoms with Crippen LogP contribution in [-0.2, 0) is 0 Å². The average molecular weight is 261 g/mol. The van der Waals surface area contributed by atoms with Crippen LogP contribution in [0.2, 0.25) is 0 Å². The topological polar surface area (TPSA) is 38.3 Å². The Kier molecular flexibility index (Phi) is 5.25. The van der Waals surface area contributed by atoms with Crippen LogP contribution >= 0.6 is 0 Å². The molecule has 1 atom stereocenters. The zero-order chi connectivity index (χ0) is 13.5. The third-order valence-electron chi connectivity index (χ3n) is 3.92. The summed E-state index contributed by atoms with van der Waals surface area (Å²) in [7, 11) is 0. The maximum atomic E-state index is 11.9. The molecule has 0 bridgehead atoms. The molecule has 1 N–H and O–H groups in total. The van der Waals surface area contributed by atoms with Gasteiger partial charge >= 0.3 is 6.09 Å². The number of rotatable bonds is 4. The molecule has 1 unspecified atom stereocenters. The van der Waals surface area contributed by atoms with Gasteiger partial charge in [-0.3, -0.25) is 0 Å². The minimum Gasteiger partial charge on any atom is -0.410 e. The number of carbonyl (C=O) groups is 1. The molecule has 3 nitrogen and oxygen atoms in total. The van der Waals surface area contributed by atoms with Crippen LogP contribution in [0, 0.1) is 5.92 Å². The highest BCUT2D eigenvalue weighted by Gasteiger charge is 2.24. The van der Waals surface area contributed by atoms with E-state index in [0.29, 0.717) is 11.7 Å². The van der Waals surface area contributed by atoms with Crippen molar-refractivity contribution in [3.8, 4) is 5.75 Å². The van der Waals surface area contributed by atoms with E-state index in [-0.39, 0.29) is 12.1 Å². The van der Waals surface area contributed by atoms with Gasteiger partial charge in [-0.05, 0) is 37.3 Å². The first-order chi connectivity index (χ1) is 9.29. The minimum absolute atomic E-state index is 0.247. The van der Waals surface area contributed by atoms with Crippen molar-refractivity contribution in [2.45, 2.75) is 51.5 Å². The van der Waals surface area contributed by atoms with Crippen molar-refractivity contribution < 1.29 is 9.53 Å². The second kappa shape index (κ2) is 7.17. The van der Waals surface area contributed by atoms with Crippen LogP contribution < -0.4 is 10.1 Å². The van der Waals surface area contributed by atoms with Crippen molar-refractivity contribution >= 4 is 6.09 Å². The Balaban J connectivity index is 1.85. The molecule has 19 heavy (non-hydrogen) atoms. The molecule has 0 aliphatic heterocycles. The van der Waals surface area contributed by atoms with Gasteiger partial charge in [0.25, 0.3) is 0 Å². The van der Waals surface area contributed by atoms with Crippen molar-refractivity contribution in [2.24, 2.45) is 5.92 Å². The van der Waals surface area contributed by atoms with E-state index >= 15 is 0 Å². The Morgan fingerprint density at radius 1 is 1.26 bits per heavy atom. The maximum absolute atomic E-state index is 11.9. The van der Waals surface area contributed by atoms with Crippen molar-refractivity contribution in [1.29, 1.82) is 0 Å². The highest BCUT2D eigenvalue weighted by atomic mass is 16.6. The van der Waals surface area contributed by atoms with E-state index in [0.717, 1.165) is 6.42 Å². The van der Waals surface area contributed by atoms with E-state index < -0.39 is 0 Å². The van der Waals surface area contributed by atoms with Gasteiger partial charge in [-0.25, -0.2) is 4.79 Å². The molecule has 3 heteroatoms. The monoisotopic (exact) mass is 261 g/mol. The van der Waals surface area contributed by atoms with Crippen LogP contribution in [0.15, 0.2) is 30.3 Å². The Morgan fingerprint density at radius 3 is 2.58 bits per heavy atom. The normalized spacial score (nSPS) is 17.7. The molecular weight excluding hydrogens is 238 g/mol. The summed E-state index contributed by atoms with van der Waals surface area (Å²) < 4.78 is 5.29. The Bertz CT molecular complexity index is 385. The molecule has 1 saturated carbocycles. The van der Waals surface area contributed by atoms with E-state index in [1.54, 1.807) is 12.1 Å². The summed E-state index contributed by atoms with van der Waals surface area (Å²) >= 11 is 0. The van der Waals surface area contributed by atoms with Crippen molar-refractivity contribution in [3.63, 3.8) is 0 Å². The van der Waals surface area contributed by atoms with E-state index in [1.165, 1.54) is 32.1 Å². The first kappa shape index (κ1) is 13.9. The van der Waals surface area contributed by atoms with Crippen LogP contribution in [0.5, 0.6) is 5.75 Å². The summed E-state index contributed by atoms with van der Waals surface area (Å²) in [6.07, 6.45) is 7.00. The van der Waals surface area contributed by atoms with Gasteiger partial charge in [0, 0.05) is 6.04 Å². The first-order valence-electron chi connectivity index (χ1n) is 7.33. The number of nitrogens with one attached hydrogen (secondary N) is 1. The SMILES string of the molecule is CCC(NC(=O)Oc1ccccc1)C1CCCCC1. The van der Waals surface area contributed by atoms with Gasteiger partial charge in [0.2, 0.25) is 0 Å². The summed E-state index contributed by atoms with van der Waals surface area (Å²) in [5.74, 6) is 1.21. The predicted octanol–water partition coefficient (Wildman–Crippen LogP) is 4.13. The lowest BCUT2D eigenvalue weighted by atomic mass is 9.83. The second-order valence-corrected chi connectivity index (χ2v) is 5.26. The average Bonchev–Trinajstić information content (AvgIpc) is 2.47. The van der Waals surface area contributed by atoms with E-state index in [4.69, 9.17) is 4.74 Å². The van der Waals surface area contributed by atoms with Gasteiger partial charge < -0.3 is 10.1 Å². The molecule has 0 aromatic heterocycles. The van der Waals surface area contributed by atoms with Crippen LogP contribution in [0.1, 0.15) is 45.4 Å². The van der Waals surface area contributed by atoms with E-state index in [9.17, 15) is 4.79 Å². The highest BCUT2D eigenvalue weighted by Crippen LogP contribution is 2.27. The Morgan fingerprint density at radius 2 is 1.95 bits per heavy atom. The molecule has 104 valence electrons. The van der Waals surface area contributed by atoms with Gasteiger partial charge in [-0.2, -0.15) is 0 Å². The van der Waals surface area contributed by atoms with Crippen LogP contribution in [-0.4, -0.2) is 12.1 Å². The molecule has 1 aliphatic rings. The number of para-hydroxylation sites is 1. The minimum atomic E-state index is -0.330. The lowest BCUT2D eigenvalue weighted by molar-refractivity contribution is 0.183. The van der Waals surface area contributed by atoms with Crippen molar-refractivity contribution in [2.75, 3.05) is 0 Å². The molecule has 1 aromatic carbocycles. The standard InChI is InChI=1S/C16H23NO2/c1-2-15(13-9-5-3-6-10-13)17-16(18)19-14-11-7-4-8-12-14/h4,7-8,11-13,15H,2-3,5-6,9-10H2,1H3,(H,17,18). The van der Waals surface area contributed by atoms with Crippen LogP contribution in [0.4, 0.5) is 4.79 Å². The zero-order valence-corrected chi connectivity index (χ0v) is 11.6. The van der Waals surface area contributed by atoms with Crippen molar-refractivity contribution in [3.05, 3.63) is 30.3 Å². The Hall–Kier alpha value is -1.51. The van der Waals surface area contributed by atoms with Gasteiger partial charge in [0.15, 0.2) is 0 Å². The van der Waals surface area contributed by atoms with Gasteiger partial charge in [0.1, 0.15) is 5.75 Å². The third kappa shape index (κ3) is 4.27. The predicted molar refractivity (Wildman–Crippen MR) is 76.3 cm³/mol. The second-order valence-electron chi connectivity index (χ2n) is 5.26. The first-order valence-corrected chi connectivity index (χ1v) is 7.33. The highest BCUT2D eigenvalue weighted by molar-refractivity contribution is 5.70. The fourth-order valence-corrected chi connectivity index (χ4v) is 2.87. The molecule has 1 aromatic rings. The zero-order valence-electron chi connectivity index (χ0n) is 11.6. The molecule has 0 heterocycles. The smallest absolute Gasteiger partial charge is 0.410 e. The summed E-state index contributed by atoms with van der Waals surface area (Å²) in [4.78, 5) is 11.9. The summed E-state index contributed by atoms with van der Waals surface area (Å²) in [6, 6.07) is 9.46. The molecule has 0 radical (unpaired) electrons. The van der Waals surface area contributed by atoms with E-state index in [2.05, 4.69) is 12.2 Å². The molecule has 0 spiro atoms. The largest absolute Gasteiger partial charge is 0.412 e. The third-order valence-corrected chi connectivity index (χ3v) is 3.92. The Labute approximate surface area is 115 Å². The fourth-order valence-electron chi connectivity index (χ4n) is 2.87. The fraction of sp³-hybridized carbons (Fsp3) is 0.562. The number of hydrogen-bond acceptors (Lipinski definition) is 2. The molecule has 2 rings (SSSR count). The van der Waals surface area contributed by atoms with Gasteiger partial charge in [0.05, 0.1) is 0 Å². The maximum Gasteiger partial charge on any atom is 0.412 e. The molecular formula is C16H23NO2. The number of amides is 1. The number of hydrogen-bond donors (Lipinski definition) is 1.